The summed E-state index contributed by atoms with van der Waals surface area (Å²) in [4.78, 5) is 14.7. The van der Waals surface area contributed by atoms with Crippen LogP contribution < -0.4 is 10.3 Å². The third-order valence-corrected chi connectivity index (χ3v) is 5.42. The molecule has 132 valence electrons. The molecule has 6 heteroatoms. The molecular weight excluding hydrogens is 360 g/mol. The number of ether oxygens (including phenoxy) is 1. The molecular formula is C21H14N2O3S. The summed E-state index contributed by atoms with van der Waals surface area (Å²) in [6.07, 6.45) is 0. The van der Waals surface area contributed by atoms with E-state index in [0.717, 1.165) is 28.0 Å². The Bertz CT molecular complexity index is 1250. The molecule has 4 aromatic rings. The number of nitrogens with one attached hydrogen (secondary N) is 1. The predicted octanol–water partition coefficient (Wildman–Crippen LogP) is 4.51. The number of H-pyrrole nitrogens is 1. The number of pyridine rings is 1. The van der Waals surface area contributed by atoms with Crippen molar-refractivity contribution in [2.45, 2.75) is 0 Å². The molecule has 0 radical (unpaired) electrons. The minimum Gasteiger partial charge on any atom is -0.505 e. The largest absolute Gasteiger partial charge is 0.505 e. The van der Waals surface area contributed by atoms with Crippen LogP contribution in [-0.4, -0.2) is 17.2 Å². The van der Waals surface area contributed by atoms with E-state index >= 15 is 0 Å². The van der Waals surface area contributed by atoms with Gasteiger partial charge in [0, 0.05) is 16.5 Å². The minimum atomic E-state index is -0.590. The topological polar surface area (TPSA) is 86.1 Å². The Kier molecular flexibility index (Phi) is 4.15. The summed E-state index contributed by atoms with van der Waals surface area (Å²) in [5.41, 5.74) is 3.39. The quantitative estimate of drug-likeness (QED) is 0.552. The Morgan fingerprint density at radius 2 is 1.74 bits per heavy atom. The summed E-state index contributed by atoms with van der Waals surface area (Å²) in [5, 5.41) is 21.1. The van der Waals surface area contributed by atoms with E-state index < -0.39 is 5.56 Å². The first kappa shape index (κ1) is 16.9. The second-order valence-corrected chi connectivity index (χ2v) is 6.80. The number of methoxy groups -OCH3 is 1. The fraction of sp³-hybridized carbons (Fsp3) is 0.0476. The number of aromatic nitrogens is 1. The van der Waals surface area contributed by atoms with E-state index in [1.54, 1.807) is 13.2 Å². The van der Waals surface area contributed by atoms with E-state index in [4.69, 9.17) is 10.00 Å². The van der Waals surface area contributed by atoms with E-state index in [9.17, 15) is 9.90 Å². The summed E-state index contributed by atoms with van der Waals surface area (Å²) in [6.45, 7) is 0. The number of benzene rings is 2. The highest BCUT2D eigenvalue weighted by Crippen LogP contribution is 2.38. The maximum absolute atomic E-state index is 12.0. The Balaban J connectivity index is 1.82. The van der Waals surface area contributed by atoms with E-state index in [2.05, 4.69) is 4.98 Å². The van der Waals surface area contributed by atoms with Gasteiger partial charge in [0.15, 0.2) is 11.3 Å². The second kappa shape index (κ2) is 6.63. The smallest absolute Gasteiger partial charge is 0.270 e. The monoisotopic (exact) mass is 374 g/mol. The van der Waals surface area contributed by atoms with E-state index in [1.165, 1.54) is 11.3 Å². The van der Waals surface area contributed by atoms with Crippen LogP contribution in [0.25, 0.3) is 32.5 Å². The van der Waals surface area contributed by atoms with Gasteiger partial charge in [-0.1, -0.05) is 42.5 Å². The number of nitrogens with zero attached hydrogens (tertiary/aromatic N) is 1. The molecule has 0 saturated heterocycles. The van der Waals surface area contributed by atoms with Crippen LogP contribution in [0.5, 0.6) is 11.5 Å². The summed E-state index contributed by atoms with van der Waals surface area (Å²) in [7, 11) is 1.64. The number of hydrogen-bond acceptors (Lipinski definition) is 5. The van der Waals surface area contributed by atoms with Crippen molar-refractivity contribution in [3.05, 3.63) is 69.8 Å². The number of para-hydroxylation sites is 1. The number of fused-ring (bicyclic) bond motifs is 1. The molecule has 0 aliphatic heterocycles. The lowest BCUT2D eigenvalue weighted by molar-refractivity contribution is 0.416. The molecule has 0 aliphatic rings. The number of aromatic hydroxyl groups is 1. The van der Waals surface area contributed by atoms with Crippen molar-refractivity contribution in [2.75, 3.05) is 7.11 Å². The zero-order valence-corrected chi connectivity index (χ0v) is 15.1. The Morgan fingerprint density at radius 3 is 2.41 bits per heavy atom. The lowest BCUT2D eigenvalue weighted by Crippen LogP contribution is -2.09. The Labute approximate surface area is 158 Å². The number of rotatable bonds is 3. The molecule has 0 aliphatic carbocycles. The second-order valence-electron chi connectivity index (χ2n) is 5.92. The lowest BCUT2D eigenvalue weighted by atomic mass is 10.0. The van der Waals surface area contributed by atoms with Gasteiger partial charge in [0.25, 0.3) is 5.56 Å². The van der Waals surface area contributed by atoms with Gasteiger partial charge in [-0.25, -0.2) is 0 Å². The van der Waals surface area contributed by atoms with Gasteiger partial charge in [0.2, 0.25) is 0 Å². The molecule has 2 aromatic heterocycles. The molecule has 0 saturated carbocycles. The van der Waals surface area contributed by atoms with Crippen LogP contribution in [-0.2, 0) is 0 Å². The van der Waals surface area contributed by atoms with Crippen LogP contribution in [0.2, 0.25) is 0 Å². The molecule has 2 heterocycles. The summed E-state index contributed by atoms with van der Waals surface area (Å²) in [5.74, 6) is 0.530. The molecule has 0 fully saturated rings. The zero-order valence-electron chi connectivity index (χ0n) is 14.3. The lowest BCUT2D eigenvalue weighted by Gasteiger charge is -2.09. The molecule has 0 bridgehead atoms. The molecule has 4 rings (SSSR count). The van der Waals surface area contributed by atoms with Crippen LogP contribution in [0.15, 0.2) is 58.7 Å². The minimum absolute atomic E-state index is 0.262. The standard InChI is InChI=1S/C21H14N2O3S/c1-26-17-5-3-2-4-14(17)12-6-8-13(9-7-12)16-11-27-20-18(16)23-21(25)15(10-22)19(20)24/h2-9,11H,1H3,(H2,23,24,25). The highest BCUT2D eigenvalue weighted by Gasteiger charge is 2.16. The summed E-state index contributed by atoms with van der Waals surface area (Å²) in [6, 6.07) is 17.4. The molecule has 0 spiro atoms. The fourth-order valence-corrected chi connectivity index (χ4v) is 4.06. The number of thiophene rings is 1. The average molecular weight is 374 g/mol. The number of nitriles is 1. The van der Waals surface area contributed by atoms with Gasteiger partial charge in [0.1, 0.15) is 11.8 Å². The van der Waals surface area contributed by atoms with Crippen LogP contribution in [0.3, 0.4) is 0 Å². The Hall–Kier alpha value is -3.56. The van der Waals surface area contributed by atoms with Crippen molar-refractivity contribution in [1.29, 1.82) is 5.26 Å². The average Bonchev–Trinajstić information content (AvgIpc) is 3.12. The summed E-state index contributed by atoms with van der Waals surface area (Å²) < 4.78 is 5.91. The first-order chi connectivity index (χ1) is 13.1. The van der Waals surface area contributed by atoms with Gasteiger partial charge in [-0.15, -0.1) is 11.3 Å². The van der Waals surface area contributed by atoms with Crippen molar-refractivity contribution >= 4 is 21.6 Å². The van der Waals surface area contributed by atoms with E-state index in [1.807, 2.05) is 53.9 Å². The Morgan fingerprint density at radius 1 is 1.07 bits per heavy atom. The third-order valence-electron chi connectivity index (χ3n) is 4.43. The maximum Gasteiger partial charge on any atom is 0.270 e. The van der Waals surface area contributed by atoms with Crippen LogP contribution in [0.1, 0.15) is 5.56 Å². The molecule has 5 nitrogen and oxygen atoms in total. The van der Waals surface area contributed by atoms with E-state index in [0.29, 0.717) is 10.2 Å². The van der Waals surface area contributed by atoms with Crippen LogP contribution in [0, 0.1) is 11.3 Å². The van der Waals surface area contributed by atoms with Crippen molar-refractivity contribution in [3.63, 3.8) is 0 Å². The number of hydrogen-bond donors (Lipinski definition) is 2. The molecule has 27 heavy (non-hydrogen) atoms. The van der Waals surface area contributed by atoms with Gasteiger partial charge >= 0.3 is 0 Å². The van der Waals surface area contributed by atoms with Gasteiger partial charge in [-0.05, 0) is 17.2 Å². The molecule has 0 amide bonds. The van der Waals surface area contributed by atoms with Gasteiger partial charge in [0.05, 0.1) is 17.3 Å². The van der Waals surface area contributed by atoms with Gasteiger partial charge < -0.3 is 14.8 Å². The highest BCUT2D eigenvalue weighted by molar-refractivity contribution is 7.18. The molecule has 0 atom stereocenters. The van der Waals surface area contributed by atoms with Crippen LogP contribution in [0.4, 0.5) is 0 Å². The first-order valence-corrected chi connectivity index (χ1v) is 9.02. The fourth-order valence-electron chi connectivity index (χ4n) is 3.08. The SMILES string of the molecule is COc1ccccc1-c1ccc(-c2csc3c(O)c(C#N)c(=O)[nH]c23)cc1. The molecule has 2 aromatic carbocycles. The highest BCUT2D eigenvalue weighted by atomic mass is 32.1. The van der Waals surface area contributed by atoms with Crippen molar-refractivity contribution in [1.82, 2.24) is 4.98 Å². The third kappa shape index (κ3) is 2.75. The van der Waals surface area contributed by atoms with Gasteiger partial charge in [-0.2, -0.15) is 5.26 Å². The van der Waals surface area contributed by atoms with E-state index in [-0.39, 0.29) is 11.3 Å². The molecule has 0 unspecified atom stereocenters. The van der Waals surface area contributed by atoms with Crippen LogP contribution >= 0.6 is 11.3 Å². The van der Waals surface area contributed by atoms with Crippen molar-refractivity contribution < 1.29 is 9.84 Å². The normalized spacial score (nSPS) is 10.7. The van der Waals surface area contributed by atoms with Crippen molar-refractivity contribution in [3.8, 4) is 39.8 Å². The zero-order chi connectivity index (χ0) is 19.0. The summed E-state index contributed by atoms with van der Waals surface area (Å²) >= 11 is 1.29. The van der Waals surface area contributed by atoms with Gasteiger partial charge in [-0.3, -0.25) is 4.79 Å². The molecule has 2 N–H and O–H groups in total. The number of aromatic amines is 1. The first-order valence-electron chi connectivity index (χ1n) is 8.14. The maximum atomic E-state index is 12.0. The predicted molar refractivity (Wildman–Crippen MR) is 106 cm³/mol. The van der Waals surface area contributed by atoms with Crippen molar-refractivity contribution in [2.24, 2.45) is 0 Å².